The number of aliphatic carboxylic acids is 1. The molecule has 92 valence electrons. The van der Waals surface area contributed by atoms with Crippen LogP contribution in [0.5, 0.6) is 5.75 Å². The van der Waals surface area contributed by atoms with Crippen LogP contribution in [0, 0.1) is 0 Å². The number of benzene rings is 1. The first-order valence-electron chi connectivity index (χ1n) is 5.40. The molecule has 0 fully saturated rings. The molecule has 0 atom stereocenters. The van der Waals surface area contributed by atoms with Gasteiger partial charge < -0.3 is 10.2 Å². The molecule has 0 radical (unpaired) electrons. The Bertz CT molecular complexity index is 460. The van der Waals surface area contributed by atoms with Gasteiger partial charge in [0.1, 0.15) is 5.75 Å². The molecule has 0 saturated heterocycles. The Balaban J connectivity index is 3.29. The molecule has 0 unspecified atom stereocenters. The highest BCUT2D eigenvalue weighted by Gasteiger charge is 2.23. The van der Waals surface area contributed by atoms with Crippen molar-refractivity contribution in [1.82, 2.24) is 0 Å². The Morgan fingerprint density at radius 3 is 2.35 bits per heavy atom. The molecule has 0 heterocycles. The molecule has 0 aromatic heterocycles. The minimum absolute atomic E-state index is 0.156. The van der Waals surface area contributed by atoms with Crippen LogP contribution in [0.1, 0.15) is 43.1 Å². The number of hydrogen-bond donors (Lipinski definition) is 2. The fraction of sp³-hybridized carbons (Fsp3) is 0.385. The molecule has 1 aromatic carbocycles. The Morgan fingerprint density at radius 2 is 1.88 bits per heavy atom. The summed E-state index contributed by atoms with van der Waals surface area (Å²) in [5.41, 5.74) is 0.514. The van der Waals surface area contributed by atoms with Gasteiger partial charge in [0.25, 0.3) is 5.78 Å². The minimum Gasteiger partial charge on any atom is -0.507 e. The van der Waals surface area contributed by atoms with Crippen LogP contribution in [-0.2, 0) is 10.2 Å². The Hall–Kier alpha value is -1.84. The molecule has 2 N–H and O–H groups in total. The van der Waals surface area contributed by atoms with Crippen LogP contribution in [-0.4, -0.2) is 22.0 Å². The second kappa shape index (κ2) is 4.57. The van der Waals surface area contributed by atoms with Crippen molar-refractivity contribution in [3.63, 3.8) is 0 Å². The monoisotopic (exact) mass is 236 g/mol. The summed E-state index contributed by atoms with van der Waals surface area (Å²) in [5, 5.41) is 18.2. The van der Waals surface area contributed by atoms with Crippen LogP contribution >= 0.6 is 0 Å². The Labute approximate surface area is 99.9 Å². The maximum Gasteiger partial charge on any atom is 0.377 e. The molecule has 0 aliphatic carbocycles. The summed E-state index contributed by atoms with van der Waals surface area (Å²) in [6, 6.07) is 4.52. The predicted octanol–water partition coefficient (Wildman–Crippen LogP) is 2.35. The zero-order chi connectivity index (χ0) is 13.2. The number of aromatic hydroxyl groups is 1. The smallest absolute Gasteiger partial charge is 0.377 e. The molecule has 0 aliphatic rings. The van der Waals surface area contributed by atoms with Gasteiger partial charge >= 0.3 is 5.97 Å². The van der Waals surface area contributed by atoms with E-state index in [1.54, 1.807) is 6.07 Å². The third-order valence-electron chi connectivity index (χ3n) is 3.10. The largest absolute Gasteiger partial charge is 0.507 e. The van der Waals surface area contributed by atoms with Crippen molar-refractivity contribution in [2.45, 2.75) is 32.6 Å². The molecular weight excluding hydrogens is 220 g/mol. The highest BCUT2D eigenvalue weighted by Crippen LogP contribution is 2.30. The third-order valence-corrected chi connectivity index (χ3v) is 3.10. The van der Waals surface area contributed by atoms with E-state index in [0.29, 0.717) is 0 Å². The molecule has 1 rings (SSSR count). The van der Waals surface area contributed by atoms with E-state index in [9.17, 15) is 14.7 Å². The maximum absolute atomic E-state index is 11.4. The summed E-state index contributed by atoms with van der Waals surface area (Å²) >= 11 is 0. The van der Waals surface area contributed by atoms with Gasteiger partial charge in [-0.25, -0.2) is 4.79 Å². The summed E-state index contributed by atoms with van der Waals surface area (Å²) in [4.78, 5) is 22.0. The number of phenols is 1. The summed E-state index contributed by atoms with van der Waals surface area (Å²) in [5.74, 6) is -2.95. The molecule has 4 heteroatoms. The van der Waals surface area contributed by atoms with Crippen molar-refractivity contribution in [2.24, 2.45) is 0 Å². The van der Waals surface area contributed by atoms with Crippen molar-refractivity contribution in [1.29, 1.82) is 0 Å². The first-order chi connectivity index (χ1) is 7.79. The SMILES string of the molecule is CCC(C)(C)c1ccc(O)c(C(=O)C(=O)O)c1. The van der Waals surface area contributed by atoms with E-state index in [0.717, 1.165) is 12.0 Å². The number of ketones is 1. The zero-order valence-electron chi connectivity index (χ0n) is 10.2. The number of carbonyl (C=O) groups is 2. The second-order valence-electron chi connectivity index (χ2n) is 4.60. The summed E-state index contributed by atoms with van der Waals surface area (Å²) in [6.07, 6.45) is 0.846. The van der Waals surface area contributed by atoms with E-state index in [1.807, 2.05) is 20.8 Å². The van der Waals surface area contributed by atoms with Crippen LogP contribution in [0.15, 0.2) is 18.2 Å². The lowest BCUT2D eigenvalue weighted by molar-refractivity contribution is -0.131. The third kappa shape index (κ3) is 2.64. The van der Waals surface area contributed by atoms with E-state index in [4.69, 9.17) is 5.11 Å². The highest BCUT2D eigenvalue weighted by atomic mass is 16.4. The van der Waals surface area contributed by atoms with Gasteiger partial charge in [-0.05, 0) is 29.5 Å². The fourth-order valence-electron chi connectivity index (χ4n) is 1.46. The molecule has 0 saturated carbocycles. The molecule has 0 aliphatic heterocycles. The van der Waals surface area contributed by atoms with Crippen LogP contribution in [0.4, 0.5) is 0 Å². The Kier molecular flexibility index (Phi) is 3.56. The zero-order valence-corrected chi connectivity index (χ0v) is 10.2. The normalized spacial score (nSPS) is 11.2. The van der Waals surface area contributed by atoms with E-state index in [-0.39, 0.29) is 16.7 Å². The summed E-state index contributed by atoms with van der Waals surface area (Å²) in [6.45, 7) is 5.99. The average molecular weight is 236 g/mol. The standard InChI is InChI=1S/C13H16O4/c1-4-13(2,3)8-5-6-10(14)9(7-8)11(15)12(16)17/h5-7,14H,4H2,1-3H3,(H,16,17). The van der Waals surface area contributed by atoms with Crippen molar-refractivity contribution >= 4 is 11.8 Å². The number of rotatable bonds is 4. The van der Waals surface area contributed by atoms with Gasteiger partial charge in [0.2, 0.25) is 0 Å². The number of carbonyl (C=O) groups excluding carboxylic acids is 1. The van der Waals surface area contributed by atoms with Gasteiger partial charge in [-0.15, -0.1) is 0 Å². The van der Waals surface area contributed by atoms with Crippen LogP contribution in [0.25, 0.3) is 0 Å². The van der Waals surface area contributed by atoms with Crippen molar-refractivity contribution in [3.8, 4) is 5.75 Å². The topological polar surface area (TPSA) is 74.6 Å². The first kappa shape index (κ1) is 13.2. The lowest BCUT2D eigenvalue weighted by Crippen LogP contribution is -2.18. The van der Waals surface area contributed by atoms with Gasteiger partial charge in [0.15, 0.2) is 0 Å². The quantitative estimate of drug-likeness (QED) is 0.621. The van der Waals surface area contributed by atoms with Gasteiger partial charge in [-0.3, -0.25) is 4.79 Å². The molecule has 0 bridgehead atoms. The minimum atomic E-state index is -1.56. The molecule has 0 spiro atoms. The van der Waals surface area contributed by atoms with Crippen LogP contribution in [0.3, 0.4) is 0 Å². The van der Waals surface area contributed by atoms with E-state index >= 15 is 0 Å². The van der Waals surface area contributed by atoms with Gasteiger partial charge in [0, 0.05) is 0 Å². The van der Waals surface area contributed by atoms with Crippen LogP contribution < -0.4 is 0 Å². The van der Waals surface area contributed by atoms with Gasteiger partial charge in [-0.2, -0.15) is 0 Å². The number of Topliss-reactive ketones (excluding diaryl/α,β-unsaturated/α-hetero) is 1. The molecule has 1 aromatic rings. The summed E-state index contributed by atoms with van der Waals surface area (Å²) in [7, 11) is 0. The van der Waals surface area contributed by atoms with Crippen molar-refractivity contribution in [2.75, 3.05) is 0 Å². The van der Waals surface area contributed by atoms with E-state index in [2.05, 4.69) is 0 Å². The van der Waals surface area contributed by atoms with Gasteiger partial charge in [0.05, 0.1) is 5.56 Å². The lowest BCUT2D eigenvalue weighted by Gasteiger charge is -2.23. The average Bonchev–Trinajstić information content (AvgIpc) is 2.28. The molecular formula is C13H16O4. The van der Waals surface area contributed by atoms with Crippen molar-refractivity contribution < 1.29 is 19.8 Å². The van der Waals surface area contributed by atoms with Crippen molar-refractivity contribution in [3.05, 3.63) is 29.3 Å². The summed E-state index contributed by atoms with van der Waals surface area (Å²) < 4.78 is 0. The maximum atomic E-state index is 11.4. The van der Waals surface area contributed by atoms with E-state index in [1.165, 1.54) is 12.1 Å². The lowest BCUT2D eigenvalue weighted by atomic mass is 9.81. The number of carboxylic acids is 1. The predicted molar refractivity (Wildman–Crippen MR) is 63.4 cm³/mol. The second-order valence-corrected chi connectivity index (χ2v) is 4.60. The molecule has 0 amide bonds. The van der Waals surface area contributed by atoms with Gasteiger partial charge in [-0.1, -0.05) is 26.8 Å². The fourth-order valence-corrected chi connectivity index (χ4v) is 1.46. The molecule has 4 nitrogen and oxygen atoms in total. The van der Waals surface area contributed by atoms with E-state index < -0.39 is 11.8 Å². The number of hydrogen-bond acceptors (Lipinski definition) is 3. The molecule has 17 heavy (non-hydrogen) atoms. The first-order valence-corrected chi connectivity index (χ1v) is 5.40. The Morgan fingerprint density at radius 1 is 1.29 bits per heavy atom. The highest BCUT2D eigenvalue weighted by molar-refractivity contribution is 6.40. The van der Waals surface area contributed by atoms with Crippen LogP contribution in [0.2, 0.25) is 0 Å². The number of carboxylic acid groups (broad SMARTS) is 1. The number of phenolic OH excluding ortho intramolecular Hbond substituents is 1.